The molecule has 98 valence electrons. The normalized spacial score (nSPS) is 13.2. The summed E-state index contributed by atoms with van der Waals surface area (Å²) in [7, 11) is 0. The van der Waals surface area contributed by atoms with Crippen LogP contribution >= 0.6 is 0 Å². The Hall–Kier alpha value is -1.71. The molecule has 1 N–H and O–H groups in total. The maximum absolute atomic E-state index is 11.4. The number of carbonyl (C=O) groups excluding carboxylic acids is 1. The van der Waals surface area contributed by atoms with Gasteiger partial charge in [-0.3, -0.25) is 4.79 Å². The number of nitrogens with one attached hydrogen (secondary N) is 1. The van der Waals surface area contributed by atoms with Crippen LogP contribution in [0.5, 0.6) is 11.5 Å². The molecule has 1 aromatic carbocycles. The maximum Gasteiger partial charge on any atom is 0.220 e. The second-order valence-electron chi connectivity index (χ2n) is 4.45. The summed E-state index contributed by atoms with van der Waals surface area (Å²) in [4.78, 5) is 11.4. The molecule has 4 heteroatoms. The van der Waals surface area contributed by atoms with Crippen molar-refractivity contribution in [2.75, 3.05) is 13.2 Å². The van der Waals surface area contributed by atoms with Gasteiger partial charge in [0.2, 0.25) is 5.91 Å². The summed E-state index contributed by atoms with van der Waals surface area (Å²) in [5, 5.41) is 2.91. The third kappa shape index (κ3) is 2.94. The topological polar surface area (TPSA) is 47.6 Å². The highest BCUT2D eigenvalue weighted by molar-refractivity contribution is 5.75. The van der Waals surface area contributed by atoms with Gasteiger partial charge in [-0.25, -0.2) is 0 Å². The Balaban J connectivity index is 2.06. The average molecular weight is 249 g/mol. The van der Waals surface area contributed by atoms with E-state index in [2.05, 4.69) is 5.32 Å². The van der Waals surface area contributed by atoms with Crippen molar-refractivity contribution in [2.24, 2.45) is 0 Å². The first-order valence-corrected chi connectivity index (χ1v) is 6.36. The van der Waals surface area contributed by atoms with Crippen molar-refractivity contribution in [2.45, 2.75) is 33.2 Å². The molecule has 0 bridgehead atoms. The van der Waals surface area contributed by atoms with Crippen LogP contribution in [0.4, 0.5) is 0 Å². The molecule has 2 rings (SSSR count). The van der Waals surface area contributed by atoms with E-state index in [1.165, 1.54) is 0 Å². The van der Waals surface area contributed by atoms with Gasteiger partial charge in [0, 0.05) is 13.0 Å². The predicted molar refractivity (Wildman–Crippen MR) is 68.9 cm³/mol. The maximum atomic E-state index is 11.4. The van der Waals surface area contributed by atoms with E-state index in [4.69, 9.17) is 9.47 Å². The molecule has 0 saturated carbocycles. The highest BCUT2D eigenvalue weighted by Crippen LogP contribution is 2.32. The number of carbonyl (C=O) groups is 1. The molecule has 4 nitrogen and oxygen atoms in total. The molecule has 0 aliphatic carbocycles. The minimum absolute atomic E-state index is 0.0896. The monoisotopic (exact) mass is 249 g/mol. The van der Waals surface area contributed by atoms with Crippen molar-refractivity contribution in [1.29, 1.82) is 0 Å². The number of benzene rings is 1. The summed E-state index contributed by atoms with van der Waals surface area (Å²) in [6.45, 7) is 5.73. The third-order valence-corrected chi connectivity index (χ3v) is 2.95. The van der Waals surface area contributed by atoms with Crippen LogP contribution in [0, 0.1) is 6.92 Å². The lowest BCUT2D eigenvalue weighted by Gasteiger charge is -2.20. The molecule has 0 radical (unpaired) electrons. The van der Waals surface area contributed by atoms with E-state index in [-0.39, 0.29) is 5.91 Å². The van der Waals surface area contributed by atoms with Gasteiger partial charge >= 0.3 is 0 Å². The van der Waals surface area contributed by atoms with Crippen LogP contribution in [0.2, 0.25) is 0 Å². The number of amides is 1. The number of hydrogen-bond acceptors (Lipinski definition) is 3. The number of rotatable bonds is 4. The zero-order chi connectivity index (χ0) is 13.0. The van der Waals surface area contributed by atoms with Gasteiger partial charge in [0.15, 0.2) is 11.5 Å². The number of aryl methyl sites for hydroxylation is 1. The number of hydrogen-bond donors (Lipinski definition) is 1. The van der Waals surface area contributed by atoms with Gasteiger partial charge in [0.05, 0.1) is 0 Å². The minimum atomic E-state index is 0.0896. The fourth-order valence-electron chi connectivity index (χ4n) is 1.93. The predicted octanol–water partition coefficient (Wildman–Crippen LogP) is 2.18. The van der Waals surface area contributed by atoms with Crippen LogP contribution in [0.3, 0.4) is 0 Å². The van der Waals surface area contributed by atoms with Crippen LogP contribution in [-0.2, 0) is 11.3 Å². The molecule has 1 amide bonds. The molecule has 1 aromatic rings. The molecule has 0 atom stereocenters. The smallest absolute Gasteiger partial charge is 0.220 e. The molecular weight excluding hydrogens is 230 g/mol. The van der Waals surface area contributed by atoms with Crippen molar-refractivity contribution < 1.29 is 14.3 Å². The van der Waals surface area contributed by atoms with Gasteiger partial charge in [-0.05, 0) is 36.6 Å². The van der Waals surface area contributed by atoms with Crippen molar-refractivity contribution in [3.63, 3.8) is 0 Å². The lowest BCUT2D eigenvalue weighted by molar-refractivity contribution is -0.121. The highest BCUT2D eigenvalue weighted by Gasteiger charge is 2.14. The lowest BCUT2D eigenvalue weighted by Crippen LogP contribution is -2.23. The van der Waals surface area contributed by atoms with E-state index in [0.29, 0.717) is 26.2 Å². The molecule has 0 saturated heterocycles. The zero-order valence-corrected chi connectivity index (χ0v) is 10.9. The van der Waals surface area contributed by atoms with Crippen LogP contribution in [0.25, 0.3) is 0 Å². The standard InChI is InChI=1S/C14H19NO3/c1-3-4-14(16)15-9-11-8-13-12(7-10(11)2)17-5-6-18-13/h7-8H,3-6,9H2,1-2H3,(H,15,16). The van der Waals surface area contributed by atoms with Gasteiger partial charge in [-0.2, -0.15) is 0 Å². The third-order valence-electron chi connectivity index (χ3n) is 2.95. The molecule has 1 aliphatic heterocycles. The molecule has 1 heterocycles. The largest absolute Gasteiger partial charge is 0.486 e. The van der Waals surface area contributed by atoms with Crippen molar-refractivity contribution >= 4 is 5.91 Å². The Labute approximate surface area is 107 Å². The minimum Gasteiger partial charge on any atom is -0.486 e. The summed E-state index contributed by atoms with van der Waals surface area (Å²) >= 11 is 0. The van der Waals surface area contributed by atoms with E-state index in [0.717, 1.165) is 29.0 Å². The van der Waals surface area contributed by atoms with Gasteiger partial charge < -0.3 is 14.8 Å². The van der Waals surface area contributed by atoms with Crippen molar-refractivity contribution in [3.05, 3.63) is 23.3 Å². The summed E-state index contributed by atoms with van der Waals surface area (Å²) in [5.74, 6) is 1.65. The molecule has 0 spiro atoms. The van der Waals surface area contributed by atoms with E-state index >= 15 is 0 Å². The van der Waals surface area contributed by atoms with E-state index < -0.39 is 0 Å². The Kier molecular flexibility index (Phi) is 4.07. The first kappa shape index (κ1) is 12.7. The summed E-state index contributed by atoms with van der Waals surface area (Å²) in [5.41, 5.74) is 2.18. The van der Waals surface area contributed by atoms with Gasteiger partial charge in [0.1, 0.15) is 13.2 Å². The second kappa shape index (κ2) is 5.76. The van der Waals surface area contributed by atoms with Crippen LogP contribution in [0.15, 0.2) is 12.1 Å². The molecule has 1 aliphatic rings. The van der Waals surface area contributed by atoms with E-state index in [9.17, 15) is 4.79 Å². The second-order valence-corrected chi connectivity index (χ2v) is 4.45. The molecule has 0 fully saturated rings. The Morgan fingerprint density at radius 1 is 1.28 bits per heavy atom. The first-order chi connectivity index (χ1) is 8.70. The SMILES string of the molecule is CCCC(=O)NCc1cc2c(cc1C)OCCO2. The quantitative estimate of drug-likeness (QED) is 0.889. The van der Waals surface area contributed by atoms with Gasteiger partial charge in [-0.1, -0.05) is 6.92 Å². The fraction of sp³-hybridized carbons (Fsp3) is 0.500. The highest BCUT2D eigenvalue weighted by atomic mass is 16.6. The zero-order valence-electron chi connectivity index (χ0n) is 10.9. The summed E-state index contributed by atoms with van der Waals surface area (Å²) < 4.78 is 11.0. The summed E-state index contributed by atoms with van der Waals surface area (Å²) in [6.07, 6.45) is 1.44. The van der Waals surface area contributed by atoms with Crippen LogP contribution in [-0.4, -0.2) is 19.1 Å². The summed E-state index contributed by atoms with van der Waals surface area (Å²) in [6, 6.07) is 3.92. The number of fused-ring (bicyclic) bond motifs is 1. The van der Waals surface area contributed by atoms with E-state index in [1.54, 1.807) is 0 Å². The van der Waals surface area contributed by atoms with E-state index in [1.807, 2.05) is 26.0 Å². The van der Waals surface area contributed by atoms with Crippen molar-refractivity contribution in [3.8, 4) is 11.5 Å². The Bertz CT molecular complexity index is 443. The molecule has 18 heavy (non-hydrogen) atoms. The fourth-order valence-corrected chi connectivity index (χ4v) is 1.93. The van der Waals surface area contributed by atoms with Gasteiger partial charge in [-0.15, -0.1) is 0 Å². The van der Waals surface area contributed by atoms with Gasteiger partial charge in [0.25, 0.3) is 0 Å². The average Bonchev–Trinajstić information content (AvgIpc) is 2.36. The first-order valence-electron chi connectivity index (χ1n) is 6.36. The molecule has 0 unspecified atom stereocenters. The van der Waals surface area contributed by atoms with Crippen LogP contribution < -0.4 is 14.8 Å². The number of ether oxygens (including phenoxy) is 2. The van der Waals surface area contributed by atoms with Crippen molar-refractivity contribution in [1.82, 2.24) is 5.32 Å². The van der Waals surface area contributed by atoms with Crippen LogP contribution in [0.1, 0.15) is 30.9 Å². The lowest BCUT2D eigenvalue weighted by atomic mass is 10.1. The molecular formula is C14H19NO3. The Morgan fingerprint density at radius 2 is 1.94 bits per heavy atom. The molecule has 0 aromatic heterocycles. The Morgan fingerprint density at radius 3 is 2.61 bits per heavy atom.